The first-order valence-electron chi connectivity index (χ1n) is 10.6. The van der Waals surface area contributed by atoms with Gasteiger partial charge in [0.05, 0.1) is 13.2 Å². The predicted molar refractivity (Wildman–Crippen MR) is 102 cm³/mol. The van der Waals surface area contributed by atoms with E-state index < -0.39 is 29.6 Å². The molecule has 30 heavy (non-hydrogen) atoms. The van der Waals surface area contributed by atoms with Crippen LogP contribution in [0.1, 0.15) is 53.4 Å². The first-order chi connectivity index (χ1) is 14.0. The number of hydrogen-bond acceptors (Lipinski definition) is 7. The van der Waals surface area contributed by atoms with Crippen molar-refractivity contribution in [3.05, 3.63) is 0 Å². The van der Waals surface area contributed by atoms with Crippen LogP contribution in [0.25, 0.3) is 0 Å². The van der Waals surface area contributed by atoms with E-state index >= 15 is 0 Å². The first-order valence-corrected chi connectivity index (χ1v) is 10.6. The molecule has 170 valence electrons. The fraction of sp³-hybridized carbons (Fsp3) is 0.900. The Morgan fingerprint density at radius 1 is 1.00 bits per heavy atom. The zero-order valence-corrected chi connectivity index (χ0v) is 17.9. The van der Waals surface area contributed by atoms with Crippen LogP contribution in [0.2, 0.25) is 0 Å². The van der Waals surface area contributed by atoms with E-state index in [-0.39, 0.29) is 43.2 Å². The van der Waals surface area contributed by atoms with Crippen molar-refractivity contribution >= 4 is 12.0 Å². The van der Waals surface area contributed by atoms with Crippen molar-refractivity contribution in [2.45, 2.75) is 95.1 Å². The molecule has 0 aromatic carbocycles. The summed E-state index contributed by atoms with van der Waals surface area (Å²) >= 11 is 0. The van der Waals surface area contributed by atoms with Crippen molar-refractivity contribution in [3.8, 4) is 0 Å². The molecule has 4 fully saturated rings. The second-order valence-electron chi connectivity index (χ2n) is 9.52. The minimum atomic E-state index is -1.15. The van der Waals surface area contributed by atoms with E-state index in [9.17, 15) is 9.59 Å². The highest BCUT2D eigenvalue weighted by atomic mass is 16.9. The van der Waals surface area contributed by atoms with Gasteiger partial charge < -0.3 is 39.4 Å². The summed E-state index contributed by atoms with van der Waals surface area (Å²) in [5, 5.41) is 14.3. The maximum Gasteiger partial charge on any atom is 0.404 e. The number of fused-ring (bicyclic) bond motifs is 3. The zero-order valence-electron chi connectivity index (χ0n) is 17.9. The number of carbonyl (C=O) groups excluding carboxylic acids is 1. The second-order valence-corrected chi connectivity index (χ2v) is 9.52. The second kappa shape index (κ2) is 7.59. The molecule has 0 spiro atoms. The lowest BCUT2D eigenvalue weighted by molar-refractivity contribution is -0.277. The third-order valence-corrected chi connectivity index (χ3v) is 6.21. The van der Waals surface area contributed by atoms with Crippen LogP contribution >= 0.6 is 0 Å². The van der Waals surface area contributed by atoms with Crippen LogP contribution < -0.4 is 10.6 Å². The Morgan fingerprint density at radius 3 is 2.37 bits per heavy atom. The molecule has 0 radical (unpaired) electrons. The van der Waals surface area contributed by atoms with Gasteiger partial charge >= 0.3 is 6.09 Å². The lowest BCUT2D eigenvalue weighted by Gasteiger charge is -2.41. The van der Waals surface area contributed by atoms with Crippen LogP contribution in [0.4, 0.5) is 4.79 Å². The molecule has 4 aliphatic rings. The average Bonchev–Trinajstić information content (AvgIpc) is 3.11. The molecule has 3 N–H and O–H groups in total. The number of nitrogens with one attached hydrogen (secondary N) is 2. The summed E-state index contributed by atoms with van der Waals surface area (Å²) in [6, 6.07) is -0.0941. The molecule has 2 amide bonds. The number of carbonyl (C=O) groups is 2. The molecule has 1 aliphatic carbocycles. The Hall–Kier alpha value is -1.46. The van der Waals surface area contributed by atoms with Crippen LogP contribution in [0.5, 0.6) is 0 Å². The largest absolute Gasteiger partial charge is 0.465 e. The van der Waals surface area contributed by atoms with Crippen LogP contribution in [-0.4, -0.2) is 72.0 Å². The molecule has 0 aromatic rings. The van der Waals surface area contributed by atoms with Crippen molar-refractivity contribution in [2.24, 2.45) is 5.92 Å². The Morgan fingerprint density at radius 2 is 1.70 bits per heavy atom. The van der Waals surface area contributed by atoms with E-state index in [4.69, 9.17) is 28.8 Å². The molecule has 4 rings (SSSR count). The van der Waals surface area contributed by atoms with Gasteiger partial charge in [-0.2, -0.15) is 0 Å². The van der Waals surface area contributed by atoms with Crippen molar-refractivity contribution in [1.82, 2.24) is 10.6 Å². The number of ether oxygens (including phenoxy) is 5. The third kappa shape index (κ3) is 4.29. The third-order valence-electron chi connectivity index (χ3n) is 6.21. The predicted octanol–water partition coefficient (Wildman–Crippen LogP) is 1.33. The quantitative estimate of drug-likeness (QED) is 0.613. The molecule has 1 saturated carbocycles. The highest BCUT2D eigenvalue weighted by Crippen LogP contribution is 2.47. The molecule has 3 aliphatic heterocycles. The lowest BCUT2D eigenvalue weighted by Crippen LogP contribution is -2.63. The molecule has 4 unspecified atom stereocenters. The fourth-order valence-corrected chi connectivity index (χ4v) is 5.01. The molecule has 0 aromatic heterocycles. The fourth-order valence-electron chi connectivity index (χ4n) is 5.01. The summed E-state index contributed by atoms with van der Waals surface area (Å²) in [4.78, 5) is 23.6. The monoisotopic (exact) mass is 428 g/mol. The standard InChI is InChI=1S/C20H32N2O8/c1-18(2)27-13-9-26-20(15(14(13)28-18)29-19(3,4)30-20)10-21-16(23)11-5-7-12(8-6-11)22-17(24)25/h11-15,22H,5-10H2,1-4H3,(H,21,23)(H,24,25). The maximum absolute atomic E-state index is 12.8. The van der Waals surface area contributed by atoms with Crippen LogP contribution in [0.3, 0.4) is 0 Å². The van der Waals surface area contributed by atoms with Gasteiger partial charge in [0.1, 0.15) is 18.3 Å². The average molecular weight is 428 g/mol. The summed E-state index contributed by atoms with van der Waals surface area (Å²) in [5.74, 6) is -3.02. The Labute approximate surface area is 175 Å². The van der Waals surface area contributed by atoms with E-state index in [1.165, 1.54) is 0 Å². The smallest absolute Gasteiger partial charge is 0.404 e. The van der Waals surface area contributed by atoms with Crippen LogP contribution in [0.15, 0.2) is 0 Å². The molecule has 10 heteroatoms. The normalized spacial score (nSPS) is 41.5. The highest BCUT2D eigenvalue weighted by molar-refractivity contribution is 5.78. The van der Waals surface area contributed by atoms with Gasteiger partial charge in [-0.05, 0) is 53.4 Å². The van der Waals surface area contributed by atoms with Crippen LogP contribution in [0, 0.1) is 5.92 Å². The zero-order chi connectivity index (χ0) is 21.7. The highest BCUT2D eigenvalue weighted by Gasteiger charge is 2.65. The Balaban J connectivity index is 1.38. The van der Waals surface area contributed by atoms with Crippen molar-refractivity contribution < 1.29 is 38.4 Å². The van der Waals surface area contributed by atoms with Crippen molar-refractivity contribution in [1.29, 1.82) is 0 Å². The first kappa shape index (κ1) is 21.8. The molecular weight excluding hydrogens is 396 g/mol. The van der Waals surface area contributed by atoms with Crippen molar-refractivity contribution in [3.63, 3.8) is 0 Å². The van der Waals surface area contributed by atoms with Crippen LogP contribution in [-0.2, 0) is 28.5 Å². The van der Waals surface area contributed by atoms with Gasteiger partial charge in [-0.25, -0.2) is 4.79 Å². The van der Waals surface area contributed by atoms with Gasteiger partial charge in [0.2, 0.25) is 11.7 Å². The van der Waals surface area contributed by atoms with E-state index in [1.807, 2.05) is 27.7 Å². The molecule has 3 heterocycles. The summed E-state index contributed by atoms with van der Waals surface area (Å²) in [6.45, 7) is 7.75. The topological polar surface area (TPSA) is 125 Å². The minimum absolute atomic E-state index is 0.0835. The summed E-state index contributed by atoms with van der Waals surface area (Å²) in [7, 11) is 0. The molecule has 0 bridgehead atoms. The van der Waals surface area contributed by atoms with Gasteiger partial charge in [-0.1, -0.05) is 0 Å². The van der Waals surface area contributed by atoms with Crippen molar-refractivity contribution in [2.75, 3.05) is 13.2 Å². The van der Waals surface area contributed by atoms with Gasteiger partial charge in [-0.15, -0.1) is 0 Å². The Kier molecular flexibility index (Phi) is 5.51. The summed E-state index contributed by atoms with van der Waals surface area (Å²) in [6.07, 6.45) is 0.371. The summed E-state index contributed by atoms with van der Waals surface area (Å²) < 4.78 is 30.3. The Bertz CT molecular complexity index is 690. The molecule has 10 nitrogen and oxygen atoms in total. The molecular formula is C20H32N2O8. The number of amides is 2. The number of hydrogen-bond donors (Lipinski definition) is 3. The number of rotatable bonds is 4. The van der Waals surface area contributed by atoms with E-state index in [1.54, 1.807) is 0 Å². The van der Waals surface area contributed by atoms with Gasteiger partial charge in [-0.3, -0.25) is 4.79 Å². The maximum atomic E-state index is 12.8. The van der Waals surface area contributed by atoms with Gasteiger partial charge in [0, 0.05) is 12.0 Å². The summed E-state index contributed by atoms with van der Waals surface area (Å²) in [5.41, 5.74) is 0. The van der Waals surface area contributed by atoms with E-state index in [0.717, 1.165) is 0 Å². The van der Waals surface area contributed by atoms with Gasteiger partial charge in [0.15, 0.2) is 11.6 Å². The molecule has 4 atom stereocenters. The van der Waals surface area contributed by atoms with Gasteiger partial charge in [0.25, 0.3) is 0 Å². The molecule has 3 saturated heterocycles. The van der Waals surface area contributed by atoms with E-state index in [0.29, 0.717) is 25.7 Å². The van der Waals surface area contributed by atoms with E-state index in [2.05, 4.69) is 10.6 Å². The SMILES string of the molecule is CC1(C)OC2COC3(CNC(=O)C4CCC(NC(=O)O)CC4)OC(C)(C)OC3C2O1. The number of carboxylic acid groups (broad SMARTS) is 1. The minimum Gasteiger partial charge on any atom is -0.465 e. The lowest BCUT2D eigenvalue weighted by atomic mass is 9.85.